The Balaban J connectivity index is 1.98. The van der Waals surface area contributed by atoms with Gasteiger partial charge in [0.05, 0.1) is 29.6 Å². The Morgan fingerprint density at radius 2 is 2.03 bits per heavy atom. The number of aliphatic hydroxyl groups excluding tert-OH is 1. The number of halogens is 1. The predicted octanol–water partition coefficient (Wildman–Crippen LogP) is 3.80. The van der Waals surface area contributed by atoms with E-state index in [1.165, 1.54) is 12.5 Å². The normalized spacial score (nSPS) is 19.4. The second-order valence-electron chi connectivity index (χ2n) is 7.67. The molecule has 0 amide bonds. The van der Waals surface area contributed by atoms with Crippen molar-refractivity contribution >= 4 is 34.3 Å². The molecule has 7 nitrogen and oxygen atoms in total. The summed E-state index contributed by atoms with van der Waals surface area (Å²) in [6.07, 6.45) is 7.10. The van der Waals surface area contributed by atoms with Gasteiger partial charge < -0.3 is 15.8 Å². The van der Waals surface area contributed by atoms with E-state index in [9.17, 15) is 9.90 Å². The number of rotatable bonds is 5. The van der Waals surface area contributed by atoms with Crippen molar-refractivity contribution in [1.29, 1.82) is 5.41 Å². The molecule has 0 radical (unpaired) electrons. The average Bonchev–Trinajstić information content (AvgIpc) is 2.78. The van der Waals surface area contributed by atoms with Gasteiger partial charge in [0.25, 0.3) is 5.56 Å². The fraction of sp³-hybridized carbons (Fsp3) is 0.304. The monoisotopic (exact) mass is 437 g/mol. The number of aromatic nitrogens is 3. The number of allylic oxidation sites excluding steroid dienone is 1. The fourth-order valence-electron chi connectivity index (χ4n) is 4.10. The largest absolute Gasteiger partial charge is 0.393 e. The maximum atomic E-state index is 13.5. The number of benzene rings is 1. The van der Waals surface area contributed by atoms with Gasteiger partial charge >= 0.3 is 0 Å². The van der Waals surface area contributed by atoms with Gasteiger partial charge in [-0.1, -0.05) is 36.6 Å². The standard InChI is InChI=1S/C23H24ClN5O2/c1-26-12-15(11-25)21-22-17(10-18(28-21)14-6-8-16(24)9-7-14)23(31)29(13-27-22)19-4-2-3-5-20(19)30/h6-13,19-20,25-26,30H,2-5H2,1H3/b15-12+,25-11?. The zero-order valence-corrected chi connectivity index (χ0v) is 17.9. The van der Waals surface area contributed by atoms with Gasteiger partial charge in [0.15, 0.2) is 0 Å². The van der Waals surface area contributed by atoms with Crippen LogP contribution in [0.3, 0.4) is 0 Å². The molecule has 2 atom stereocenters. The van der Waals surface area contributed by atoms with Crippen molar-refractivity contribution in [2.75, 3.05) is 7.05 Å². The highest BCUT2D eigenvalue weighted by Gasteiger charge is 2.26. The van der Waals surface area contributed by atoms with E-state index < -0.39 is 6.10 Å². The smallest absolute Gasteiger partial charge is 0.261 e. The Morgan fingerprint density at radius 3 is 2.71 bits per heavy atom. The van der Waals surface area contributed by atoms with Crippen LogP contribution in [0.5, 0.6) is 0 Å². The molecule has 3 aromatic rings. The van der Waals surface area contributed by atoms with Gasteiger partial charge in [-0.2, -0.15) is 0 Å². The third-order valence-electron chi connectivity index (χ3n) is 5.69. The summed E-state index contributed by atoms with van der Waals surface area (Å²) in [5.41, 5.74) is 2.54. The van der Waals surface area contributed by atoms with Gasteiger partial charge in [0, 0.05) is 35.6 Å². The molecule has 2 heterocycles. The molecule has 1 aromatic carbocycles. The lowest BCUT2D eigenvalue weighted by atomic mass is 9.92. The number of fused-ring (bicyclic) bond motifs is 1. The van der Waals surface area contributed by atoms with Crippen LogP contribution in [0, 0.1) is 5.41 Å². The zero-order chi connectivity index (χ0) is 22.0. The highest BCUT2D eigenvalue weighted by Crippen LogP contribution is 2.30. The number of pyridine rings is 1. The molecular formula is C23H24ClN5O2. The summed E-state index contributed by atoms with van der Waals surface area (Å²) in [5, 5.41) is 22.2. The van der Waals surface area contributed by atoms with E-state index in [1.54, 1.807) is 36.0 Å². The van der Waals surface area contributed by atoms with Crippen molar-refractivity contribution < 1.29 is 5.11 Å². The molecule has 0 saturated heterocycles. The van der Waals surface area contributed by atoms with E-state index >= 15 is 0 Å². The lowest BCUT2D eigenvalue weighted by Gasteiger charge is -2.29. The summed E-state index contributed by atoms with van der Waals surface area (Å²) in [4.78, 5) is 22.8. The summed E-state index contributed by atoms with van der Waals surface area (Å²) in [6.45, 7) is 0. The van der Waals surface area contributed by atoms with Gasteiger partial charge in [-0.3, -0.25) is 9.36 Å². The minimum atomic E-state index is -0.566. The first kappa shape index (κ1) is 21.2. The number of aliphatic hydroxyl groups is 1. The van der Waals surface area contributed by atoms with E-state index in [-0.39, 0.29) is 11.6 Å². The SMILES string of the molecule is CN/C=C(\C=N)c1nc(-c2ccc(Cl)cc2)cc2c(=O)n(C3CCCCC3O)cnc12. The number of hydrogen-bond acceptors (Lipinski definition) is 6. The molecule has 1 saturated carbocycles. The molecule has 160 valence electrons. The third-order valence-corrected chi connectivity index (χ3v) is 5.94. The summed E-state index contributed by atoms with van der Waals surface area (Å²) in [5.74, 6) is 0. The lowest BCUT2D eigenvalue weighted by Crippen LogP contribution is -2.35. The molecule has 2 aromatic heterocycles. The highest BCUT2D eigenvalue weighted by molar-refractivity contribution is 6.30. The van der Waals surface area contributed by atoms with Gasteiger partial charge in [0.1, 0.15) is 11.2 Å². The number of nitrogens with zero attached hydrogens (tertiary/aromatic N) is 3. The van der Waals surface area contributed by atoms with Crippen molar-refractivity contribution in [2.45, 2.75) is 37.8 Å². The molecule has 3 N–H and O–H groups in total. The Kier molecular flexibility index (Phi) is 6.15. The maximum absolute atomic E-state index is 13.5. The molecule has 0 aliphatic heterocycles. The number of hydrogen-bond donors (Lipinski definition) is 3. The Morgan fingerprint density at radius 1 is 1.29 bits per heavy atom. The second kappa shape index (κ2) is 8.99. The van der Waals surface area contributed by atoms with Gasteiger partial charge in [-0.25, -0.2) is 9.97 Å². The Bertz CT molecular complexity index is 1200. The van der Waals surface area contributed by atoms with Crippen LogP contribution < -0.4 is 10.9 Å². The van der Waals surface area contributed by atoms with Crippen LogP contribution in [0.15, 0.2) is 47.7 Å². The fourth-order valence-corrected chi connectivity index (χ4v) is 4.23. The topological polar surface area (TPSA) is 104 Å². The van der Waals surface area contributed by atoms with Crippen molar-refractivity contribution in [3.05, 3.63) is 63.9 Å². The Labute approximate surface area is 184 Å². The summed E-state index contributed by atoms with van der Waals surface area (Å²) in [6, 6.07) is 8.65. The third kappa shape index (κ3) is 4.11. The molecule has 1 aliphatic carbocycles. The van der Waals surface area contributed by atoms with Crippen molar-refractivity contribution in [1.82, 2.24) is 19.9 Å². The summed E-state index contributed by atoms with van der Waals surface area (Å²) in [7, 11) is 1.74. The van der Waals surface area contributed by atoms with E-state index in [2.05, 4.69) is 10.3 Å². The van der Waals surface area contributed by atoms with Gasteiger partial charge in [0.2, 0.25) is 0 Å². The van der Waals surface area contributed by atoms with Crippen LogP contribution in [0.25, 0.3) is 27.7 Å². The van der Waals surface area contributed by atoms with Gasteiger partial charge in [-0.05, 0) is 31.0 Å². The van der Waals surface area contributed by atoms with Crippen LogP contribution >= 0.6 is 11.6 Å². The molecule has 1 fully saturated rings. The highest BCUT2D eigenvalue weighted by atomic mass is 35.5. The Hall–Kier alpha value is -3.03. The zero-order valence-electron chi connectivity index (χ0n) is 17.2. The van der Waals surface area contributed by atoms with Crippen LogP contribution in [0.2, 0.25) is 5.02 Å². The molecule has 2 unspecified atom stereocenters. The molecule has 0 bridgehead atoms. The predicted molar refractivity (Wildman–Crippen MR) is 124 cm³/mol. The average molecular weight is 438 g/mol. The van der Waals surface area contributed by atoms with E-state index in [1.807, 2.05) is 12.1 Å². The molecule has 31 heavy (non-hydrogen) atoms. The molecular weight excluding hydrogens is 414 g/mol. The van der Waals surface area contributed by atoms with Crippen molar-refractivity contribution in [3.8, 4) is 11.3 Å². The van der Waals surface area contributed by atoms with E-state index in [0.29, 0.717) is 39.3 Å². The van der Waals surface area contributed by atoms with E-state index in [4.69, 9.17) is 22.0 Å². The van der Waals surface area contributed by atoms with Crippen LogP contribution in [-0.2, 0) is 0 Å². The van der Waals surface area contributed by atoms with Gasteiger partial charge in [-0.15, -0.1) is 0 Å². The molecule has 4 rings (SSSR count). The minimum absolute atomic E-state index is 0.219. The second-order valence-corrected chi connectivity index (χ2v) is 8.10. The first-order valence-electron chi connectivity index (χ1n) is 10.3. The number of nitrogens with one attached hydrogen (secondary N) is 2. The quantitative estimate of drug-likeness (QED) is 0.527. The van der Waals surface area contributed by atoms with Crippen LogP contribution in [-0.4, -0.2) is 39.0 Å². The maximum Gasteiger partial charge on any atom is 0.261 e. The van der Waals surface area contributed by atoms with Crippen LogP contribution in [0.1, 0.15) is 37.4 Å². The van der Waals surface area contributed by atoms with Crippen molar-refractivity contribution in [2.24, 2.45) is 0 Å². The first-order chi connectivity index (χ1) is 15.0. The molecule has 1 aliphatic rings. The molecule has 0 spiro atoms. The summed E-state index contributed by atoms with van der Waals surface area (Å²) >= 11 is 6.03. The van der Waals surface area contributed by atoms with E-state index in [0.717, 1.165) is 24.8 Å². The van der Waals surface area contributed by atoms with Crippen molar-refractivity contribution in [3.63, 3.8) is 0 Å². The van der Waals surface area contributed by atoms with Crippen LogP contribution in [0.4, 0.5) is 0 Å². The first-order valence-corrected chi connectivity index (χ1v) is 10.7. The minimum Gasteiger partial charge on any atom is -0.393 e. The molecule has 8 heteroatoms. The summed E-state index contributed by atoms with van der Waals surface area (Å²) < 4.78 is 1.55. The lowest BCUT2D eigenvalue weighted by molar-refractivity contribution is 0.0735.